The number of fused-ring (bicyclic) bond motifs is 1. The van der Waals surface area contributed by atoms with E-state index < -0.39 is 24.4 Å². The Morgan fingerprint density at radius 3 is 2.81 bits per heavy atom. The molecular formula is C11H17ClN6O3. The van der Waals surface area contributed by atoms with Crippen molar-refractivity contribution in [1.29, 1.82) is 0 Å². The Kier molecular flexibility index (Phi) is 4.59. The molecule has 2 aromatic heterocycles. The summed E-state index contributed by atoms with van der Waals surface area (Å²) in [6.45, 7) is 0.477. The zero-order chi connectivity index (χ0) is 14.3. The number of aromatic nitrogens is 4. The Hall–Kier alpha value is -1.52. The van der Waals surface area contributed by atoms with Gasteiger partial charge in [-0.25, -0.2) is 15.0 Å². The van der Waals surface area contributed by atoms with Crippen LogP contribution in [0.5, 0.6) is 0 Å². The van der Waals surface area contributed by atoms with Crippen LogP contribution in [0.4, 0.5) is 5.82 Å². The Balaban J connectivity index is 0.00000161. The van der Waals surface area contributed by atoms with E-state index in [1.807, 2.05) is 0 Å². The molecule has 6 N–H and O–H groups in total. The number of ether oxygens (including phenoxy) is 1. The van der Waals surface area contributed by atoms with Gasteiger partial charge in [0.1, 0.15) is 24.1 Å². The number of hydrogen-bond acceptors (Lipinski definition) is 8. The summed E-state index contributed by atoms with van der Waals surface area (Å²) in [5.41, 5.74) is 12.4. The molecule has 1 saturated heterocycles. The molecule has 10 heteroatoms. The van der Waals surface area contributed by atoms with Crippen molar-refractivity contribution in [3.63, 3.8) is 0 Å². The monoisotopic (exact) mass is 316 g/mol. The van der Waals surface area contributed by atoms with Gasteiger partial charge in [-0.2, -0.15) is 0 Å². The van der Waals surface area contributed by atoms with Crippen molar-refractivity contribution < 1.29 is 14.9 Å². The van der Waals surface area contributed by atoms with Crippen molar-refractivity contribution in [3.05, 3.63) is 12.7 Å². The van der Waals surface area contributed by atoms with Gasteiger partial charge in [-0.1, -0.05) is 0 Å². The number of halogens is 1. The van der Waals surface area contributed by atoms with Crippen molar-refractivity contribution in [2.24, 2.45) is 5.73 Å². The molecule has 0 aliphatic carbocycles. The second-order valence-corrected chi connectivity index (χ2v) is 4.84. The molecule has 9 nitrogen and oxygen atoms in total. The summed E-state index contributed by atoms with van der Waals surface area (Å²) in [6.07, 6.45) is 0.239. The fraction of sp³-hybridized carbons (Fsp3) is 0.545. The Bertz CT molecular complexity index is 623. The van der Waals surface area contributed by atoms with Gasteiger partial charge in [-0.3, -0.25) is 0 Å². The lowest BCUT2D eigenvalue weighted by Crippen LogP contribution is -2.57. The predicted octanol–water partition coefficient (Wildman–Crippen LogP) is -1.72. The number of aliphatic hydroxyl groups is 2. The molecule has 4 atom stereocenters. The summed E-state index contributed by atoms with van der Waals surface area (Å²) in [6, 6.07) is -0.584. The van der Waals surface area contributed by atoms with E-state index in [1.54, 1.807) is 10.9 Å². The normalized spacial score (nSPS) is 29.3. The van der Waals surface area contributed by atoms with Gasteiger partial charge in [0.25, 0.3) is 0 Å². The number of imidazole rings is 1. The summed E-state index contributed by atoms with van der Waals surface area (Å²) in [4.78, 5) is 12.1. The lowest BCUT2D eigenvalue weighted by Gasteiger charge is -2.36. The number of nitrogens with zero attached hydrogens (tertiary/aromatic N) is 4. The van der Waals surface area contributed by atoms with Crippen LogP contribution >= 0.6 is 12.4 Å². The first-order valence-corrected chi connectivity index (χ1v) is 6.22. The van der Waals surface area contributed by atoms with Crippen LogP contribution in [0, 0.1) is 0 Å². The number of nitrogen functional groups attached to an aromatic ring is 1. The maximum atomic E-state index is 9.99. The lowest BCUT2D eigenvalue weighted by atomic mass is 9.99. The smallest absolute Gasteiger partial charge is 0.165 e. The molecule has 0 saturated carbocycles. The minimum atomic E-state index is -1.06. The maximum absolute atomic E-state index is 9.99. The van der Waals surface area contributed by atoms with E-state index in [9.17, 15) is 10.2 Å². The summed E-state index contributed by atoms with van der Waals surface area (Å²) in [7, 11) is 0. The topological polar surface area (TPSA) is 145 Å². The molecule has 1 fully saturated rings. The molecule has 0 spiro atoms. The van der Waals surface area contributed by atoms with Crippen molar-refractivity contribution in [2.45, 2.75) is 30.9 Å². The lowest BCUT2D eigenvalue weighted by molar-refractivity contribution is -0.148. The molecule has 0 aromatic carbocycles. The number of anilines is 1. The van der Waals surface area contributed by atoms with Crippen LogP contribution in [0.2, 0.25) is 0 Å². The van der Waals surface area contributed by atoms with Crippen LogP contribution in [0.3, 0.4) is 0 Å². The Labute approximate surface area is 126 Å². The Morgan fingerprint density at radius 2 is 2.05 bits per heavy atom. The first-order valence-electron chi connectivity index (χ1n) is 6.22. The highest BCUT2D eigenvalue weighted by molar-refractivity contribution is 5.85. The third kappa shape index (κ3) is 2.78. The highest BCUT2D eigenvalue weighted by Gasteiger charge is 2.36. The predicted molar refractivity (Wildman–Crippen MR) is 76.7 cm³/mol. The van der Waals surface area contributed by atoms with Crippen molar-refractivity contribution in [2.75, 3.05) is 12.3 Å². The van der Waals surface area contributed by atoms with Crippen LogP contribution in [-0.4, -0.2) is 60.7 Å². The SMILES string of the molecule is Cl.Nc1ncnc2c1ncn2C[C@H]1OC[C@@H](N)[C@H](O)[C@@H]1O. The van der Waals surface area contributed by atoms with Crippen LogP contribution in [0.25, 0.3) is 11.2 Å². The number of hydrogen-bond donors (Lipinski definition) is 4. The van der Waals surface area contributed by atoms with E-state index in [1.165, 1.54) is 6.33 Å². The van der Waals surface area contributed by atoms with Gasteiger partial charge in [-0.05, 0) is 0 Å². The van der Waals surface area contributed by atoms with Crippen LogP contribution in [0.15, 0.2) is 12.7 Å². The summed E-state index contributed by atoms with van der Waals surface area (Å²) < 4.78 is 7.17. The van der Waals surface area contributed by atoms with E-state index >= 15 is 0 Å². The van der Waals surface area contributed by atoms with Gasteiger partial charge in [0.2, 0.25) is 0 Å². The fourth-order valence-corrected chi connectivity index (χ4v) is 2.29. The van der Waals surface area contributed by atoms with Gasteiger partial charge in [0.05, 0.1) is 31.6 Å². The first-order chi connectivity index (χ1) is 9.58. The maximum Gasteiger partial charge on any atom is 0.165 e. The van der Waals surface area contributed by atoms with Gasteiger partial charge in [0, 0.05) is 0 Å². The van der Waals surface area contributed by atoms with Crippen molar-refractivity contribution in [1.82, 2.24) is 19.5 Å². The van der Waals surface area contributed by atoms with E-state index in [0.29, 0.717) is 17.0 Å². The zero-order valence-electron chi connectivity index (χ0n) is 11.0. The average molecular weight is 317 g/mol. The van der Waals surface area contributed by atoms with Crippen molar-refractivity contribution in [3.8, 4) is 0 Å². The van der Waals surface area contributed by atoms with Gasteiger partial charge in [0.15, 0.2) is 11.5 Å². The minimum Gasteiger partial charge on any atom is -0.389 e. The summed E-state index contributed by atoms with van der Waals surface area (Å²) >= 11 is 0. The molecule has 0 bridgehead atoms. The Morgan fingerprint density at radius 1 is 1.29 bits per heavy atom. The van der Waals surface area contributed by atoms with Gasteiger partial charge >= 0.3 is 0 Å². The molecule has 1 aliphatic rings. The quantitative estimate of drug-likeness (QED) is 0.512. The number of nitrogens with two attached hydrogens (primary N) is 2. The van der Waals surface area contributed by atoms with Crippen molar-refractivity contribution >= 4 is 29.4 Å². The molecule has 116 valence electrons. The van der Waals surface area contributed by atoms with Gasteiger partial charge in [-0.15, -0.1) is 12.4 Å². The van der Waals surface area contributed by atoms with E-state index in [2.05, 4.69) is 15.0 Å². The van der Waals surface area contributed by atoms with Crippen LogP contribution < -0.4 is 11.5 Å². The molecule has 0 radical (unpaired) electrons. The highest BCUT2D eigenvalue weighted by Crippen LogP contribution is 2.19. The number of rotatable bonds is 2. The standard InChI is InChI=1S/C11H16N6O3.ClH/c12-5-2-20-6(9(19)8(5)18)1-17-4-16-7-10(13)14-3-15-11(7)17;/h3-6,8-9,18-19H,1-2,12H2,(H2,13,14,15);1H/t5-,6-,8+,9-;/m1./s1. The molecule has 0 unspecified atom stereocenters. The van der Waals surface area contributed by atoms with Gasteiger partial charge < -0.3 is 31.0 Å². The largest absolute Gasteiger partial charge is 0.389 e. The molecule has 21 heavy (non-hydrogen) atoms. The highest BCUT2D eigenvalue weighted by atomic mass is 35.5. The minimum absolute atomic E-state index is 0. The molecular weight excluding hydrogens is 300 g/mol. The third-order valence-electron chi connectivity index (χ3n) is 3.48. The van der Waals surface area contributed by atoms with Crippen LogP contribution in [0.1, 0.15) is 0 Å². The fourth-order valence-electron chi connectivity index (χ4n) is 2.29. The van der Waals surface area contributed by atoms with Crippen LogP contribution in [-0.2, 0) is 11.3 Å². The molecule has 0 amide bonds. The molecule has 2 aromatic rings. The third-order valence-corrected chi connectivity index (χ3v) is 3.48. The second kappa shape index (κ2) is 6.08. The van der Waals surface area contributed by atoms with E-state index in [-0.39, 0.29) is 25.6 Å². The summed E-state index contributed by atoms with van der Waals surface area (Å²) in [5.74, 6) is 0.293. The molecule has 1 aliphatic heterocycles. The number of aliphatic hydroxyl groups excluding tert-OH is 2. The van der Waals surface area contributed by atoms with E-state index in [0.717, 1.165) is 0 Å². The first kappa shape index (κ1) is 15.9. The molecule has 3 heterocycles. The second-order valence-electron chi connectivity index (χ2n) is 4.84. The zero-order valence-corrected chi connectivity index (χ0v) is 11.8. The average Bonchev–Trinajstić information content (AvgIpc) is 2.84. The van der Waals surface area contributed by atoms with E-state index in [4.69, 9.17) is 16.2 Å². The molecule has 3 rings (SSSR count). The summed E-state index contributed by atoms with van der Waals surface area (Å²) in [5, 5.41) is 19.8.